The van der Waals surface area contributed by atoms with Gasteiger partial charge in [0.2, 0.25) is 0 Å². The molecule has 0 fully saturated rings. The zero-order valence-corrected chi connectivity index (χ0v) is 33.1. The van der Waals surface area contributed by atoms with Gasteiger partial charge in [-0.15, -0.1) is 0 Å². The van der Waals surface area contributed by atoms with Crippen LogP contribution in [0.15, 0.2) is 109 Å². The number of rotatable bonds is 14. The van der Waals surface area contributed by atoms with Crippen LogP contribution in [0.5, 0.6) is 0 Å². The number of benzene rings is 4. The number of fused-ring (bicyclic) bond motifs is 6. The van der Waals surface area contributed by atoms with Gasteiger partial charge < -0.3 is 9.84 Å². The largest absolute Gasteiger partial charge is 0.475 e. The van der Waals surface area contributed by atoms with Gasteiger partial charge in [-0.25, -0.2) is 9.36 Å². The summed E-state index contributed by atoms with van der Waals surface area (Å²) in [5, 5.41) is 11.1. The van der Waals surface area contributed by atoms with Crippen molar-refractivity contribution in [2.24, 2.45) is 17.8 Å². The van der Waals surface area contributed by atoms with Crippen molar-refractivity contribution < 1.29 is 32.8 Å². The van der Waals surface area contributed by atoms with Crippen LogP contribution in [-0.2, 0) is 27.7 Å². The van der Waals surface area contributed by atoms with E-state index >= 15 is 4.57 Å². The molecule has 1 heterocycles. The molecule has 0 bridgehead atoms. The smallest absolute Gasteiger partial charge is 0.458 e. The maximum Gasteiger partial charge on any atom is 0.475 e. The molecule has 9 heteroatoms. The molecule has 0 saturated heterocycles. The Morgan fingerprint density at radius 1 is 0.774 bits per heavy atom. The third-order valence-corrected chi connectivity index (χ3v) is 12.8. The summed E-state index contributed by atoms with van der Waals surface area (Å²) in [6.07, 6.45) is 2.19. The van der Waals surface area contributed by atoms with Crippen molar-refractivity contribution in [1.82, 2.24) is 0 Å². The molecular weight excluding hydrogens is 798 g/mol. The van der Waals surface area contributed by atoms with E-state index in [1.165, 1.54) is 6.08 Å². The van der Waals surface area contributed by atoms with Gasteiger partial charge in [0.1, 0.15) is 12.2 Å². The molecule has 7 rings (SSSR count). The minimum atomic E-state index is -4.31. The highest BCUT2D eigenvalue weighted by atomic mass is 127. The Morgan fingerprint density at radius 2 is 1.23 bits per heavy atom. The number of aliphatic hydroxyl groups is 1. The van der Waals surface area contributed by atoms with Crippen molar-refractivity contribution in [3.63, 3.8) is 0 Å². The molecule has 2 aliphatic carbocycles. The van der Waals surface area contributed by atoms with Gasteiger partial charge in [0.05, 0.1) is 19.3 Å². The third-order valence-electron chi connectivity index (χ3n) is 11.0. The Bertz CT molecular complexity index is 1910. The molecule has 53 heavy (non-hydrogen) atoms. The monoisotopic (exact) mass is 842 g/mol. The number of carbonyl (C=O) groups is 1. The SMILES string of the molecule is C[C@H]([C@H](CC[C@H](C)[C@@H]1OC(=O)C=C[C@@H]1C)OP(=O)(OCC1c2ccccc2-c2ccccc21)OCC1c2ccccc2-c2ccccc21)[C@@H](O)C#CI. The Morgan fingerprint density at radius 3 is 1.68 bits per heavy atom. The Balaban J connectivity index is 1.19. The summed E-state index contributed by atoms with van der Waals surface area (Å²) >= 11 is 1.90. The quantitative estimate of drug-likeness (QED) is 0.0585. The average Bonchev–Trinajstić information content (AvgIpc) is 3.68. The second-order valence-electron chi connectivity index (χ2n) is 14.4. The topological polar surface area (TPSA) is 91.3 Å². The molecule has 6 atom stereocenters. The summed E-state index contributed by atoms with van der Waals surface area (Å²) in [7, 11) is -4.31. The number of esters is 1. The van der Waals surface area contributed by atoms with E-state index in [2.05, 4.69) is 58.4 Å². The normalized spacial score (nSPS) is 19.9. The Labute approximate surface area is 325 Å². The van der Waals surface area contributed by atoms with Crippen molar-refractivity contribution >= 4 is 36.4 Å². The van der Waals surface area contributed by atoms with Crippen molar-refractivity contribution in [1.29, 1.82) is 0 Å². The van der Waals surface area contributed by atoms with Crippen molar-refractivity contribution in [2.75, 3.05) is 13.2 Å². The fraction of sp³-hybridized carbons (Fsp3) is 0.341. The number of carbonyl (C=O) groups excluding carboxylic acids is 1. The number of halogens is 1. The fourth-order valence-corrected chi connectivity index (χ4v) is 9.93. The van der Waals surface area contributed by atoms with Crippen LogP contribution in [0.1, 0.15) is 67.7 Å². The van der Waals surface area contributed by atoms with Gasteiger partial charge in [0.25, 0.3) is 0 Å². The summed E-state index contributed by atoms with van der Waals surface area (Å²) in [6.45, 7) is 6.03. The molecule has 274 valence electrons. The number of phosphoric acid groups is 1. The average molecular weight is 843 g/mol. The number of ether oxygens (including phenoxy) is 1. The summed E-state index contributed by atoms with van der Waals surface area (Å²) in [5.74, 6) is 1.58. The van der Waals surface area contributed by atoms with E-state index in [1.54, 1.807) is 0 Å². The molecule has 0 radical (unpaired) electrons. The third kappa shape index (κ3) is 7.98. The van der Waals surface area contributed by atoms with Gasteiger partial charge in [-0.05, 0) is 67.2 Å². The van der Waals surface area contributed by atoms with Crippen LogP contribution < -0.4 is 0 Å². The standard InChI is InChI=1S/C44H44IO7P/c1-28(44-29(2)21-23-43(47)51-44)20-22-42(30(3)41(46)24-25-45)52-53(48,49-26-39-35-16-8-4-12-31(35)32-13-5-9-17-36(32)39)50-27-40-37-18-10-6-14-33(37)34-15-7-11-19-38(34)40/h4-19,21,23,28-30,39-42,44,46H,20,22,26-27H2,1-3H3/t28-,29-,30-,41-,42-,44-/m0/s1. The summed E-state index contributed by atoms with van der Waals surface area (Å²) in [5.41, 5.74) is 8.88. The first-order valence-corrected chi connectivity index (χ1v) is 20.8. The van der Waals surface area contributed by atoms with E-state index in [9.17, 15) is 9.90 Å². The second kappa shape index (κ2) is 16.4. The molecule has 0 spiro atoms. The first kappa shape index (κ1) is 37.8. The molecule has 1 aliphatic heterocycles. The highest BCUT2D eigenvalue weighted by Gasteiger charge is 2.40. The van der Waals surface area contributed by atoms with Crippen molar-refractivity contribution in [2.45, 2.75) is 63.8 Å². The molecule has 3 aliphatic rings. The van der Waals surface area contributed by atoms with Crippen LogP contribution in [0, 0.1) is 27.6 Å². The van der Waals surface area contributed by atoms with E-state index in [-0.39, 0.29) is 49.0 Å². The van der Waals surface area contributed by atoms with Gasteiger partial charge in [-0.1, -0.05) is 130 Å². The van der Waals surface area contributed by atoms with E-state index in [0.29, 0.717) is 12.8 Å². The molecule has 0 saturated carbocycles. The molecule has 0 aromatic heterocycles. The molecular formula is C44H44IO7P. The molecule has 0 unspecified atom stereocenters. The number of hydrogen-bond donors (Lipinski definition) is 1. The molecule has 7 nitrogen and oxygen atoms in total. The van der Waals surface area contributed by atoms with Gasteiger partial charge in [-0.2, -0.15) is 0 Å². The second-order valence-corrected chi connectivity index (χ2v) is 16.5. The lowest BCUT2D eigenvalue weighted by Crippen LogP contribution is -2.35. The fourth-order valence-electron chi connectivity index (χ4n) is 8.12. The highest BCUT2D eigenvalue weighted by Crippen LogP contribution is 2.57. The number of cyclic esters (lactones) is 1. The lowest BCUT2D eigenvalue weighted by Gasteiger charge is -2.33. The van der Waals surface area contributed by atoms with E-state index in [0.717, 1.165) is 44.5 Å². The van der Waals surface area contributed by atoms with Crippen LogP contribution >= 0.6 is 30.4 Å². The molecule has 1 N–H and O–H groups in total. The number of hydrogen-bond acceptors (Lipinski definition) is 7. The Kier molecular flexibility index (Phi) is 11.7. The van der Waals surface area contributed by atoms with Crippen LogP contribution in [0.2, 0.25) is 0 Å². The highest BCUT2D eigenvalue weighted by molar-refractivity contribution is 14.1. The first-order chi connectivity index (χ1) is 25.7. The summed E-state index contributed by atoms with van der Waals surface area (Å²) in [6, 6.07) is 32.9. The van der Waals surface area contributed by atoms with E-state index in [1.807, 2.05) is 98.0 Å². The van der Waals surface area contributed by atoms with Crippen LogP contribution in [0.4, 0.5) is 0 Å². The van der Waals surface area contributed by atoms with Gasteiger partial charge in [-0.3, -0.25) is 13.6 Å². The van der Waals surface area contributed by atoms with E-state index < -0.39 is 25.9 Å². The Hall–Kier alpha value is -3.55. The van der Waals surface area contributed by atoms with Crippen LogP contribution in [-0.4, -0.2) is 42.6 Å². The van der Waals surface area contributed by atoms with Crippen molar-refractivity contribution in [3.8, 4) is 32.1 Å². The minimum absolute atomic E-state index is 0.0378. The van der Waals surface area contributed by atoms with Gasteiger partial charge >= 0.3 is 13.8 Å². The molecule has 0 amide bonds. The summed E-state index contributed by atoms with van der Waals surface area (Å²) in [4.78, 5) is 12.1. The first-order valence-electron chi connectivity index (χ1n) is 18.3. The van der Waals surface area contributed by atoms with Crippen LogP contribution in [0.3, 0.4) is 0 Å². The minimum Gasteiger partial charge on any atom is -0.458 e. The number of aliphatic hydroxyl groups excluding tert-OH is 1. The number of phosphoric ester groups is 1. The van der Waals surface area contributed by atoms with E-state index in [4.69, 9.17) is 18.3 Å². The summed E-state index contributed by atoms with van der Waals surface area (Å²) < 4.78 is 43.2. The molecule has 4 aromatic carbocycles. The lowest BCUT2D eigenvalue weighted by atomic mass is 9.85. The predicted octanol–water partition coefficient (Wildman–Crippen LogP) is 10.1. The van der Waals surface area contributed by atoms with Crippen LogP contribution in [0.25, 0.3) is 22.3 Å². The zero-order valence-electron chi connectivity index (χ0n) is 30.1. The zero-order chi connectivity index (χ0) is 37.1. The predicted molar refractivity (Wildman–Crippen MR) is 215 cm³/mol. The van der Waals surface area contributed by atoms with Crippen molar-refractivity contribution in [3.05, 3.63) is 131 Å². The lowest BCUT2D eigenvalue weighted by molar-refractivity contribution is -0.149. The maximum atomic E-state index is 15.2. The van der Waals surface area contributed by atoms with Gasteiger partial charge in [0.15, 0.2) is 0 Å². The van der Waals surface area contributed by atoms with Gasteiger partial charge in [0, 0.05) is 52.3 Å². The molecule has 4 aromatic rings. The maximum absolute atomic E-state index is 15.2.